The number of benzene rings is 1. The fraction of sp³-hybridized carbons (Fsp3) is 0.0625. The Morgan fingerprint density at radius 2 is 1.81 bits per heavy atom. The van der Waals surface area contributed by atoms with E-state index in [0.29, 0.717) is 5.82 Å². The van der Waals surface area contributed by atoms with E-state index in [1.54, 1.807) is 6.20 Å². The van der Waals surface area contributed by atoms with Gasteiger partial charge >= 0.3 is 0 Å². The summed E-state index contributed by atoms with van der Waals surface area (Å²) in [4.78, 5) is 13.5. The summed E-state index contributed by atoms with van der Waals surface area (Å²) in [5.41, 5.74) is 2.64. The van der Waals surface area contributed by atoms with Crippen LogP contribution in [-0.4, -0.2) is 22.0 Å². The maximum atomic E-state index is 4.64. The second-order valence-electron chi connectivity index (χ2n) is 4.41. The van der Waals surface area contributed by atoms with Crippen molar-refractivity contribution in [3.63, 3.8) is 0 Å². The van der Waals surface area contributed by atoms with Crippen LogP contribution in [0.15, 0.2) is 59.2 Å². The number of nitrogens with one attached hydrogen (secondary N) is 1. The molecule has 0 saturated carbocycles. The maximum absolute atomic E-state index is 4.64. The standard InChI is InChI=1S/C16H13BrN4/c1-18-14-10-13(11-6-3-2-4-7-11)20-16(21-14)15-12(17)8-5-9-19-15/h2-10H,1H3,(H,18,20,21). The van der Waals surface area contributed by atoms with E-state index in [4.69, 9.17) is 0 Å². The second-order valence-corrected chi connectivity index (χ2v) is 5.27. The van der Waals surface area contributed by atoms with Crippen LogP contribution in [0.4, 0.5) is 5.82 Å². The number of hydrogen-bond acceptors (Lipinski definition) is 4. The van der Waals surface area contributed by atoms with Crippen LogP contribution >= 0.6 is 15.9 Å². The van der Waals surface area contributed by atoms with Crippen LogP contribution in [-0.2, 0) is 0 Å². The Hall–Kier alpha value is -2.27. The molecule has 2 aromatic heterocycles. The molecule has 2 heterocycles. The average molecular weight is 341 g/mol. The summed E-state index contributed by atoms with van der Waals surface area (Å²) in [5, 5.41) is 3.07. The molecule has 0 aliphatic heterocycles. The van der Waals surface area contributed by atoms with E-state index >= 15 is 0 Å². The van der Waals surface area contributed by atoms with Crippen molar-refractivity contribution in [2.24, 2.45) is 0 Å². The predicted octanol–water partition coefficient (Wildman–Crippen LogP) is 4.01. The third-order valence-corrected chi connectivity index (χ3v) is 3.66. The SMILES string of the molecule is CNc1cc(-c2ccccc2)nc(-c2ncccc2Br)n1. The smallest absolute Gasteiger partial charge is 0.181 e. The first-order chi connectivity index (χ1) is 10.3. The molecule has 0 fully saturated rings. The Balaban J connectivity index is 2.17. The van der Waals surface area contributed by atoms with Crippen molar-refractivity contribution >= 4 is 21.7 Å². The van der Waals surface area contributed by atoms with Gasteiger partial charge in [-0.15, -0.1) is 0 Å². The molecule has 3 rings (SSSR count). The number of pyridine rings is 1. The largest absolute Gasteiger partial charge is 0.373 e. The highest BCUT2D eigenvalue weighted by molar-refractivity contribution is 9.10. The zero-order chi connectivity index (χ0) is 14.7. The van der Waals surface area contributed by atoms with Gasteiger partial charge in [0, 0.05) is 29.3 Å². The van der Waals surface area contributed by atoms with Crippen LogP contribution < -0.4 is 5.32 Å². The number of anilines is 1. The molecule has 0 aliphatic carbocycles. The number of hydrogen-bond donors (Lipinski definition) is 1. The topological polar surface area (TPSA) is 50.7 Å². The van der Waals surface area contributed by atoms with Gasteiger partial charge in [0.2, 0.25) is 0 Å². The fourth-order valence-corrected chi connectivity index (χ4v) is 2.42. The lowest BCUT2D eigenvalue weighted by molar-refractivity contribution is 1.13. The maximum Gasteiger partial charge on any atom is 0.181 e. The van der Waals surface area contributed by atoms with E-state index in [1.165, 1.54) is 0 Å². The highest BCUT2D eigenvalue weighted by Gasteiger charge is 2.11. The Labute approximate surface area is 131 Å². The van der Waals surface area contributed by atoms with Crippen molar-refractivity contribution in [3.8, 4) is 22.8 Å². The third kappa shape index (κ3) is 2.92. The van der Waals surface area contributed by atoms with E-state index < -0.39 is 0 Å². The van der Waals surface area contributed by atoms with Crippen LogP contribution in [0, 0.1) is 0 Å². The summed E-state index contributed by atoms with van der Waals surface area (Å²) in [6, 6.07) is 15.8. The minimum Gasteiger partial charge on any atom is -0.373 e. The van der Waals surface area contributed by atoms with Crippen LogP contribution in [0.5, 0.6) is 0 Å². The van der Waals surface area contributed by atoms with Gasteiger partial charge in [0.15, 0.2) is 5.82 Å². The highest BCUT2D eigenvalue weighted by Crippen LogP contribution is 2.27. The summed E-state index contributed by atoms with van der Waals surface area (Å²) >= 11 is 3.50. The Morgan fingerprint density at radius 1 is 1.00 bits per heavy atom. The summed E-state index contributed by atoms with van der Waals surface area (Å²) < 4.78 is 0.872. The summed E-state index contributed by atoms with van der Waals surface area (Å²) in [6.45, 7) is 0. The van der Waals surface area contributed by atoms with Crippen molar-refractivity contribution in [2.75, 3.05) is 12.4 Å². The van der Waals surface area contributed by atoms with Crippen LogP contribution in [0.1, 0.15) is 0 Å². The molecule has 0 radical (unpaired) electrons. The molecule has 0 saturated heterocycles. The minimum atomic E-state index is 0.591. The number of rotatable bonds is 3. The van der Waals surface area contributed by atoms with Gasteiger partial charge in [-0.05, 0) is 28.1 Å². The first-order valence-electron chi connectivity index (χ1n) is 6.51. The minimum absolute atomic E-state index is 0.591. The summed E-state index contributed by atoms with van der Waals surface area (Å²) in [6.07, 6.45) is 1.73. The Morgan fingerprint density at radius 3 is 2.52 bits per heavy atom. The molecule has 3 aromatic rings. The van der Waals surface area contributed by atoms with Gasteiger partial charge < -0.3 is 5.32 Å². The zero-order valence-corrected chi connectivity index (χ0v) is 13.0. The summed E-state index contributed by atoms with van der Waals surface area (Å²) in [5.74, 6) is 1.35. The van der Waals surface area contributed by atoms with Gasteiger partial charge in [0.05, 0.1) is 5.69 Å². The molecule has 4 nitrogen and oxygen atoms in total. The molecule has 21 heavy (non-hydrogen) atoms. The molecule has 104 valence electrons. The van der Waals surface area contributed by atoms with Crippen molar-refractivity contribution in [3.05, 3.63) is 59.2 Å². The lowest BCUT2D eigenvalue weighted by atomic mass is 10.1. The molecule has 0 atom stereocenters. The van der Waals surface area contributed by atoms with Crippen molar-refractivity contribution in [1.29, 1.82) is 0 Å². The second kappa shape index (κ2) is 6.01. The summed E-state index contributed by atoms with van der Waals surface area (Å²) in [7, 11) is 1.84. The fourth-order valence-electron chi connectivity index (χ4n) is 1.99. The lowest BCUT2D eigenvalue weighted by Gasteiger charge is -2.08. The van der Waals surface area contributed by atoms with Gasteiger partial charge in [-0.3, -0.25) is 4.98 Å². The van der Waals surface area contributed by atoms with Crippen molar-refractivity contribution < 1.29 is 0 Å². The molecule has 0 amide bonds. The molecule has 5 heteroatoms. The lowest BCUT2D eigenvalue weighted by Crippen LogP contribution is -2.00. The third-order valence-electron chi connectivity index (χ3n) is 3.02. The zero-order valence-electron chi connectivity index (χ0n) is 11.4. The van der Waals surface area contributed by atoms with Crippen LogP contribution in [0.25, 0.3) is 22.8 Å². The van der Waals surface area contributed by atoms with Gasteiger partial charge in [0.25, 0.3) is 0 Å². The number of nitrogens with zero attached hydrogens (tertiary/aromatic N) is 3. The van der Waals surface area contributed by atoms with Gasteiger partial charge in [-0.25, -0.2) is 9.97 Å². The Kier molecular flexibility index (Phi) is 3.92. The Bertz CT molecular complexity index is 759. The monoisotopic (exact) mass is 340 g/mol. The van der Waals surface area contributed by atoms with Gasteiger partial charge in [0.1, 0.15) is 11.5 Å². The highest BCUT2D eigenvalue weighted by atomic mass is 79.9. The molecule has 0 spiro atoms. The van der Waals surface area contributed by atoms with E-state index in [1.807, 2.05) is 55.6 Å². The van der Waals surface area contributed by atoms with E-state index in [2.05, 4.69) is 36.2 Å². The van der Waals surface area contributed by atoms with E-state index in [-0.39, 0.29) is 0 Å². The predicted molar refractivity (Wildman–Crippen MR) is 87.9 cm³/mol. The average Bonchev–Trinajstić information content (AvgIpc) is 2.55. The van der Waals surface area contributed by atoms with Gasteiger partial charge in [-0.2, -0.15) is 0 Å². The number of aromatic nitrogens is 3. The van der Waals surface area contributed by atoms with Crippen molar-refractivity contribution in [1.82, 2.24) is 15.0 Å². The molecule has 1 aromatic carbocycles. The molecule has 0 unspecified atom stereocenters. The molecule has 1 N–H and O–H groups in total. The number of halogens is 1. The first kappa shape index (κ1) is 13.7. The molecule has 0 bridgehead atoms. The van der Waals surface area contributed by atoms with Crippen LogP contribution in [0.3, 0.4) is 0 Å². The van der Waals surface area contributed by atoms with Crippen LogP contribution in [0.2, 0.25) is 0 Å². The molecule has 0 aliphatic rings. The quantitative estimate of drug-likeness (QED) is 0.782. The molecular formula is C16H13BrN4. The van der Waals surface area contributed by atoms with E-state index in [0.717, 1.165) is 27.2 Å². The van der Waals surface area contributed by atoms with Gasteiger partial charge in [-0.1, -0.05) is 30.3 Å². The first-order valence-corrected chi connectivity index (χ1v) is 7.30. The normalized spacial score (nSPS) is 10.4. The van der Waals surface area contributed by atoms with Crippen molar-refractivity contribution in [2.45, 2.75) is 0 Å². The van der Waals surface area contributed by atoms with E-state index in [9.17, 15) is 0 Å². The molecular weight excluding hydrogens is 328 g/mol.